The zero-order valence-corrected chi connectivity index (χ0v) is 15.5. The number of fused-ring (bicyclic) bond motifs is 1. The Bertz CT molecular complexity index is 1200. The molecule has 0 fully saturated rings. The zero-order valence-electron chi connectivity index (χ0n) is 15.5. The van der Waals surface area contributed by atoms with E-state index >= 15 is 0 Å². The fourth-order valence-corrected chi connectivity index (χ4v) is 3.01. The van der Waals surface area contributed by atoms with E-state index in [1.165, 1.54) is 6.07 Å². The molecule has 0 radical (unpaired) electrons. The maximum absolute atomic E-state index is 12.5. The van der Waals surface area contributed by atoms with E-state index in [4.69, 9.17) is 4.42 Å². The van der Waals surface area contributed by atoms with Crippen LogP contribution in [-0.2, 0) is 6.61 Å². The van der Waals surface area contributed by atoms with E-state index in [2.05, 4.69) is 20.5 Å². The van der Waals surface area contributed by atoms with Crippen LogP contribution in [0.15, 0.2) is 58.0 Å². The first-order chi connectivity index (χ1) is 13.6. The Labute approximate surface area is 160 Å². The summed E-state index contributed by atoms with van der Waals surface area (Å²) in [5.74, 6) is 1.46. The van der Waals surface area contributed by atoms with Crippen LogP contribution in [0, 0.1) is 0 Å². The predicted octanol–water partition coefficient (Wildman–Crippen LogP) is 3.26. The molecule has 0 atom stereocenters. The predicted molar refractivity (Wildman–Crippen MR) is 105 cm³/mol. The zero-order chi connectivity index (χ0) is 19.7. The molecule has 8 heteroatoms. The van der Waals surface area contributed by atoms with Gasteiger partial charge >= 0.3 is 0 Å². The number of aliphatic hydroxyl groups excluding tert-OH is 1. The van der Waals surface area contributed by atoms with Gasteiger partial charge in [0.1, 0.15) is 35.8 Å². The van der Waals surface area contributed by atoms with Gasteiger partial charge in [0, 0.05) is 12.1 Å². The minimum absolute atomic E-state index is 0.201. The second-order valence-electron chi connectivity index (χ2n) is 6.60. The summed E-state index contributed by atoms with van der Waals surface area (Å²) in [7, 11) is 0. The lowest BCUT2D eigenvalue weighted by Gasteiger charge is -2.12. The van der Waals surface area contributed by atoms with Gasteiger partial charge in [-0.15, -0.1) is 10.2 Å². The summed E-state index contributed by atoms with van der Waals surface area (Å²) in [6, 6.07) is 12.3. The van der Waals surface area contributed by atoms with Gasteiger partial charge in [-0.05, 0) is 38.1 Å². The highest BCUT2D eigenvalue weighted by molar-refractivity contribution is 5.91. The molecule has 4 aromatic rings. The van der Waals surface area contributed by atoms with Crippen LogP contribution >= 0.6 is 0 Å². The number of hydrogen-bond donors (Lipinski definition) is 2. The van der Waals surface area contributed by atoms with Gasteiger partial charge in [0.25, 0.3) is 0 Å². The molecule has 0 aliphatic heterocycles. The standard InChI is InChI=1S/C20H19N5O3/c1-12(2)25-11-21-24-20(25)15-6-4-8-18(23-15)22-14-5-3-7-17-19(14)16(27)9-13(10-26)28-17/h3-9,11-12,26H,10H2,1-2H3,(H,22,23). The van der Waals surface area contributed by atoms with E-state index in [1.54, 1.807) is 24.5 Å². The molecule has 3 aromatic heterocycles. The van der Waals surface area contributed by atoms with Gasteiger partial charge in [0.15, 0.2) is 11.3 Å². The summed E-state index contributed by atoms with van der Waals surface area (Å²) in [5.41, 5.74) is 1.41. The summed E-state index contributed by atoms with van der Waals surface area (Å²) >= 11 is 0. The van der Waals surface area contributed by atoms with E-state index in [0.717, 1.165) is 0 Å². The van der Waals surface area contributed by atoms with Crippen LogP contribution in [0.1, 0.15) is 25.6 Å². The average molecular weight is 377 g/mol. The van der Waals surface area contributed by atoms with E-state index in [1.807, 2.05) is 36.6 Å². The number of nitrogens with one attached hydrogen (secondary N) is 1. The molecule has 0 unspecified atom stereocenters. The lowest BCUT2D eigenvalue weighted by molar-refractivity contribution is 0.249. The number of rotatable bonds is 5. The van der Waals surface area contributed by atoms with E-state index < -0.39 is 0 Å². The molecule has 3 heterocycles. The molecular formula is C20H19N5O3. The monoisotopic (exact) mass is 377 g/mol. The fraction of sp³-hybridized carbons (Fsp3) is 0.200. The van der Waals surface area contributed by atoms with Crippen molar-refractivity contribution in [2.75, 3.05) is 5.32 Å². The number of pyridine rings is 1. The average Bonchev–Trinajstić information content (AvgIpc) is 3.18. The fourth-order valence-electron chi connectivity index (χ4n) is 3.01. The first-order valence-electron chi connectivity index (χ1n) is 8.87. The van der Waals surface area contributed by atoms with Crippen molar-refractivity contribution in [1.82, 2.24) is 19.7 Å². The molecule has 0 saturated heterocycles. The number of nitrogens with zero attached hydrogens (tertiary/aromatic N) is 4. The summed E-state index contributed by atoms with van der Waals surface area (Å²) in [6.07, 6.45) is 1.68. The molecule has 0 amide bonds. The highest BCUT2D eigenvalue weighted by atomic mass is 16.4. The number of aliphatic hydroxyl groups is 1. The van der Waals surface area contributed by atoms with Crippen molar-refractivity contribution in [3.8, 4) is 11.5 Å². The number of benzene rings is 1. The maximum atomic E-state index is 12.5. The Morgan fingerprint density at radius 3 is 2.82 bits per heavy atom. The van der Waals surface area contributed by atoms with Crippen LogP contribution in [0.5, 0.6) is 0 Å². The normalized spacial score (nSPS) is 11.3. The molecule has 8 nitrogen and oxygen atoms in total. The summed E-state index contributed by atoms with van der Waals surface area (Å²) < 4.78 is 7.50. The minimum Gasteiger partial charge on any atom is -0.458 e. The van der Waals surface area contributed by atoms with Crippen LogP contribution < -0.4 is 10.7 Å². The van der Waals surface area contributed by atoms with Crippen LogP contribution in [-0.4, -0.2) is 24.9 Å². The van der Waals surface area contributed by atoms with Crippen molar-refractivity contribution in [2.24, 2.45) is 0 Å². The Hall–Kier alpha value is -3.52. The molecular weight excluding hydrogens is 358 g/mol. The SMILES string of the molecule is CC(C)n1cnnc1-c1cccc(Nc2cccc3oc(CO)cc(=O)c23)n1. The third-order valence-corrected chi connectivity index (χ3v) is 4.33. The van der Waals surface area contributed by atoms with Crippen molar-refractivity contribution in [1.29, 1.82) is 0 Å². The van der Waals surface area contributed by atoms with Crippen LogP contribution in [0.25, 0.3) is 22.5 Å². The van der Waals surface area contributed by atoms with Crippen LogP contribution in [0.3, 0.4) is 0 Å². The Kier molecular flexibility index (Phi) is 4.62. The molecule has 0 spiro atoms. The minimum atomic E-state index is -0.330. The molecule has 0 aliphatic carbocycles. The van der Waals surface area contributed by atoms with Gasteiger partial charge in [0.2, 0.25) is 0 Å². The van der Waals surface area contributed by atoms with Crippen molar-refractivity contribution in [3.05, 3.63) is 64.8 Å². The highest BCUT2D eigenvalue weighted by Crippen LogP contribution is 2.26. The number of hydrogen-bond acceptors (Lipinski definition) is 7. The lowest BCUT2D eigenvalue weighted by atomic mass is 10.1. The third kappa shape index (κ3) is 3.25. The Balaban J connectivity index is 1.75. The van der Waals surface area contributed by atoms with E-state index in [-0.39, 0.29) is 23.8 Å². The molecule has 0 aliphatic rings. The molecule has 0 saturated carbocycles. The van der Waals surface area contributed by atoms with Gasteiger partial charge in [-0.25, -0.2) is 4.98 Å². The van der Waals surface area contributed by atoms with Crippen LogP contribution in [0.4, 0.5) is 11.5 Å². The Morgan fingerprint density at radius 2 is 2.04 bits per heavy atom. The molecule has 1 aromatic carbocycles. The van der Waals surface area contributed by atoms with Crippen molar-refractivity contribution in [2.45, 2.75) is 26.5 Å². The maximum Gasteiger partial charge on any atom is 0.195 e. The smallest absolute Gasteiger partial charge is 0.195 e. The third-order valence-electron chi connectivity index (χ3n) is 4.33. The largest absolute Gasteiger partial charge is 0.458 e. The first kappa shape index (κ1) is 17.9. The molecule has 0 bridgehead atoms. The van der Waals surface area contributed by atoms with Gasteiger partial charge in [0.05, 0.1) is 11.1 Å². The van der Waals surface area contributed by atoms with Crippen LogP contribution in [0.2, 0.25) is 0 Å². The van der Waals surface area contributed by atoms with Crippen molar-refractivity contribution >= 4 is 22.5 Å². The highest BCUT2D eigenvalue weighted by Gasteiger charge is 2.13. The lowest BCUT2D eigenvalue weighted by Crippen LogP contribution is -2.06. The van der Waals surface area contributed by atoms with Crippen molar-refractivity contribution < 1.29 is 9.52 Å². The molecule has 2 N–H and O–H groups in total. The van der Waals surface area contributed by atoms with E-state index in [9.17, 15) is 9.90 Å². The Morgan fingerprint density at radius 1 is 1.21 bits per heavy atom. The quantitative estimate of drug-likeness (QED) is 0.550. The summed E-state index contributed by atoms with van der Waals surface area (Å²) in [4.78, 5) is 17.1. The summed E-state index contributed by atoms with van der Waals surface area (Å²) in [5, 5.41) is 21.0. The molecule has 142 valence electrons. The van der Waals surface area contributed by atoms with E-state index in [0.29, 0.717) is 34.0 Å². The topological polar surface area (TPSA) is 106 Å². The van der Waals surface area contributed by atoms with Gasteiger partial charge in [-0.3, -0.25) is 4.79 Å². The van der Waals surface area contributed by atoms with Crippen molar-refractivity contribution in [3.63, 3.8) is 0 Å². The second-order valence-corrected chi connectivity index (χ2v) is 6.60. The second kappa shape index (κ2) is 7.24. The van der Waals surface area contributed by atoms with Gasteiger partial charge in [-0.1, -0.05) is 12.1 Å². The van der Waals surface area contributed by atoms with Gasteiger partial charge in [-0.2, -0.15) is 0 Å². The molecule has 28 heavy (non-hydrogen) atoms. The molecule has 4 rings (SSSR count). The first-order valence-corrected chi connectivity index (χ1v) is 8.87. The summed E-state index contributed by atoms with van der Waals surface area (Å²) in [6.45, 7) is 3.76. The number of anilines is 2. The van der Waals surface area contributed by atoms with Gasteiger partial charge < -0.3 is 19.4 Å². The number of aromatic nitrogens is 4.